The Morgan fingerprint density at radius 3 is 2.17 bits per heavy atom. The van der Waals surface area contributed by atoms with Crippen molar-refractivity contribution in [3.8, 4) is 11.4 Å². The number of imidazole rings is 1. The van der Waals surface area contributed by atoms with Gasteiger partial charge >= 0.3 is 12.1 Å². The summed E-state index contributed by atoms with van der Waals surface area (Å²) in [5.41, 5.74) is 4.30. The van der Waals surface area contributed by atoms with E-state index in [1.807, 2.05) is 54.6 Å². The third-order valence-electron chi connectivity index (χ3n) is 6.11. The van der Waals surface area contributed by atoms with Crippen LogP contribution in [0, 0.1) is 0 Å². The average molecular weight is 596 g/mol. The Morgan fingerprint density at radius 2 is 1.60 bits per heavy atom. The van der Waals surface area contributed by atoms with Crippen LogP contribution in [-0.2, 0) is 31.2 Å². The summed E-state index contributed by atoms with van der Waals surface area (Å²) in [4.78, 5) is 13.7. The molecule has 1 fully saturated rings. The number of aliphatic carboxylic acids is 1. The van der Waals surface area contributed by atoms with Crippen molar-refractivity contribution in [1.82, 2.24) is 9.55 Å². The van der Waals surface area contributed by atoms with Crippen molar-refractivity contribution in [2.75, 3.05) is 16.2 Å². The number of para-hydroxylation sites is 2. The lowest BCUT2D eigenvalue weighted by molar-refractivity contribution is -0.192. The van der Waals surface area contributed by atoms with Crippen LogP contribution < -0.4 is 4.72 Å². The Labute approximate surface area is 228 Å². The molecule has 1 aliphatic rings. The number of alkyl halides is 3. The van der Waals surface area contributed by atoms with E-state index in [4.69, 9.17) is 14.9 Å². The van der Waals surface area contributed by atoms with Crippen LogP contribution in [-0.4, -0.2) is 60.4 Å². The molecule has 0 aliphatic carbocycles. The van der Waals surface area contributed by atoms with Crippen LogP contribution in [0.4, 0.5) is 18.9 Å². The number of fused-ring (bicyclic) bond motifs is 1. The second-order valence-corrected chi connectivity index (χ2v) is 13.2. The Kier molecular flexibility index (Phi) is 8.21. The van der Waals surface area contributed by atoms with Crippen molar-refractivity contribution < 1.29 is 39.9 Å². The van der Waals surface area contributed by atoms with E-state index in [0.717, 1.165) is 28.0 Å². The van der Waals surface area contributed by atoms with Gasteiger partial charge in [0.05, 0.1) is 27.8 Å². The summed E-state index contributed by atoms with van der Waals surface area (Å²) in [6.45, 7) is 0.654. The molecular weight excluding hydrogens is 571 g/mol. The SMILES string of the molecule is O=C(O)C(F)(F)F.O=S1(=O)CCC(S(=O)(=O)Nc2ccc(-c3nc4ccccc4n3Cc3ccccc3)cc2)C1. The minimum atomic E-state index is -5.08. The quantitative estimate of drug-likeness (QED) is 0.339. The molecule has 0 spiro atoms. The van der Waals surface area contributed by atoms with Gasteiger partial charge < -0.3 is 9.67 Å². The highest BCUT2D eigenvalue weighted by atomic mass is 32.2. The van der Waals surface area contributed by atoms with Gasteiger partial charge in [0.25, 0.3) is 0 Å². The first kappa shape index (κ1) is 29.1. The Morgan fingerprint density at radius 1 is 1.00 bits per heavy atom. The molecule has 2 N–H and O–H groups in total. The maximum absolute atomic E-state index is 12.6. The summed E-state index contributed by atoms with van der Waals surface area (Å²) in [6, 6.07) is 25.1. The molecule has 1 unspecified atom stereocenters. The molecule has 40 heavy (non-hydrogen) atoms. The second kappa shape index (κ2) is 11.3. The predicted octanol–water partition coefficient (Wildman–Crippen LogP) is 4.31. The van der Waals surface area contributed by atoms with Gasteiger partial charge in [-0.25, -0.2) is 26.6 Å². The van der Waals surface area contributed by atoms with Crippen molar-refractivity contribution in [2.24, 2.45) is 0 Å². The Hall–Kier alpha value is -3.91. The van der Waals surface area contributed by atoms with E-state index in [9.17, 15) is 30.0 Å². The fourth-order valence-electron chi connectivity index (χ4n) is 4.16. The lowest BCUT2D eigenvalue weighted by Gasteiger charge is -2.13. The summed E-state index contributed by atoms with van der Waals surface area (Å²) in [5.74, 6) is -2.39. The standard InChI is InChI=1S/C24H23N3O4S2.C2HF3O2/c28-32(29)15-14-21(17-32)33(30,31)26-20-12-10-19(11-13-20)24-25-22-8-4-5-9-23(22)27(24)16-18-6-2-1-3-7-18;3-2(4,5)1(6)7/h1-13,21,26H,14-17H2;(H,6,7). The van der Waals surface area contributed by atoms with E-state index in [1.165, 1.54) is 0 Å². The van der Waals surface area contributed by atoms with Crippen LogP contribution in [0.2, 0.25) is 0 Å². The van der Waals surface area contributed by atoms with Gasteiger partial charge in [-0.1, -0.05) is 42.5 Å². The number of nitrogens with one attached hydrogen (secondary N) is 1. The topological polar surface area (TPSA) is 135 Å². The van der Waals surface area contributed by atoms with Crippen molar-refractivity contribution in [3.05, 3.63) is 84.4 Å². The molecule has 9 nitrogen and oxygen atoms in total. The first-order valence-electron chi connectivity index (χ1n) is 11.9. The lowest BCUT2D eigenvalue weighted by atomic mass is 10.2. The number of rotatable bonds is 6. The number of aromatic nitrogens is 2. The molecule has 0 amide bonds. The van der Waals surface area contributed by atoms with Crippen molar-refractivity contribution >= 4 is 42.6 Å². The summed E-state index contributed by atoms with van der Waals surface area (Å²) in [5, 5.41) is 6.21. The Balaban J connectivity index is 0.000000470. The van der Waals surface area contributed by atoms with Crippen LogP contribution in [0.1, 0.15) is 12.0 Å². The third kappa shape index (κ3) is 6.99. The number of hydrogen-bond acceptors (Lipinski definition) is 6. The Bertz CT molecular complexity index is 1720. The first-order valence-corrected chi connectivity index (χ1v) is 15.2. The molecule has 3 aromatic carbocycles. The molecular formula is C26H24F3N3O6S2. The van der Waals surface area contributed by atoms with E-state index in [2.05, 4.69) is 21.4 Å². The maximum atomic E-state index is 12.6. The number of carboxylic acids is 1. The molecule has 0 radical (unpaired) electrons. The maximum Gasteiger partial charge on any atom is 0.490 e. The zero-order valence-corrected chi connectivity index (χ0v) is 22.4. The van der Waals surface area contributed by atoms with Gasteiger partial charge in [0.1, 0.15) is 5.82 Å². The number of anilines is 1. The molecule has 14 heteroatoms. The van der Waals surface area contributed by atoms with Crippen molar-refractivity contribution in [2.45, 2.75) is 24.4 Å². The first-order chi connectivity index (χ1) is 18.7. The molecule has 5 rings (SSSR count). The van der Waals surface area contributed by atoms with Crippen LogP contribution in [0.3, 0.4) is 0 Å². The predicted molar refractivity (Wildman–Crippen MR) is 144 cm³/mol. The van der Waals surface area contributed by atoms with Crippen LogP contribution >= 0.6 is 0 Å². The van der Waals surface area contributed by atoms with Gasteiger partial charge in [0, 0.05) is 17.8 Å². The van der Waals surface area contributed by atoms with E-state index in [0.29, 0.717) is 12.2 Å². The number of benzene rings is 3. The number of halogens is 3. The number of hydrogen-bond donors (Lipinski definition) is 2. The third-order valence-corrected chi connectivity index (χ3v) is 9.89. The summed E-state index contributed by atoms with van der Waals surface area (Å²) >= 11 is 0. The lowest BCUT2D eigenvalue weighted by Crippen LogP contribution is -2.28. The number of carbonyl (C=O) groups is 1. The fourth-order valence-corrected chi connectivity index (χ4v) is 8.25. The molecule has 1 aromatic heterocycles. The smallest absolute Gasteiger partial charge is 0.475 e. The number of sulfonamides is 1. The molecule has 0 bridgehead atoms. The van der Waals surface area contributed by atoms with Crippen LogP contribution in [0.15, 0.2) is 78.9 Å². The van der Waals surface area contributed by atoms with E-state index in [-0.39, 0.29) is 17.9 Å². The molecule has 1 saturated heterocycles. The molecule has 212 valence electrons. The van der Waals surface area contributed by atoms with Crippen molar-refractivity contribution in [3.63, 3.8) is 0 Å². The fraction of sp³-hybridized carbons (Fsp3) is 0.231. The number of carboxylic acid groups (broad SMARTS) is 1. The largest absolute Gasteiger partial charge is 0.490 e. The van der Waals surface area contributed by atoms with Gasteiger partial charge in [-0.3, -0.25) is 4.72 Å². The van der Waals surface area contributed by atoms with Gasteiger partial charge in [0.15, 0.2) is 9.84 Å². The monoisotopic (exact) mass is 595 g/mol. The number of nitrogens with zero attached hydrogens (tertiary/aromatic N) is 2. The highest BCUT2D eigenvalue weighted by Gasteiger charge is 2.38. The van der Waals surface area contributed by atoms with E-state index < -0.39 is 37.3 Å². The second-order valence-electron chi connectivity index (χ2n) is 9.05. The van der Waals surface area contributed by atoms with Gasteiger partial charge in [0.2, 0.25) is 10.0 Å². The molecule has 4 aromatic rings. The molecule has 0 saturated carbocycles. The minimum absolute atomic E-state index is 0.0881. The highest BCUT2D eigenvalue weighted by Crippen LogP contribution is 2.28. The van der Waals surface area contributed by atoms with Gasteiger partial charge in [-0.15, -0.1) is 0 Å². The van der Waals surface area contributed by atoms with Gasteiger partial charge in [-0.05, 0) is 48.4 Å². The zero-order valence-electron chi connectivity index (χ0n) is 20.7. The number of sulfone groups is 1. The van der Waals surface area contributed by atoms with Crippen LogP contribution in [0.25, 0.3) is 22.4 Å². The highest BCUT2D eigenvalue weighted by molar-refractivity contribution is 7.97. The van der Waals surface area contributed by atoms with Gasteiger partial charge in [-0.2, -0.15) is 13.2 Å². The molecule has 1 aliphatic heterocycles. The normalized spacial score (nSPS) is 16.7. The summed E-state index contributed by atoms with van der Waals surface area (Å²) in [7, 11) is -7.07. The molecule has 2 heterocycles. The summed E-state index contributed by atoms with van der Waals surface area (Å²) < 4.78 is 85.0. The average Bonchev–Trinajstić information content (AvgIpc) is 3.45. The zero-order chi connectivity index (χ0) is 29.1. The van der Waals surface area contributed by atoms with Crippen molar-refractivity contribution in [1.29, 1.82) is 0 Å². The van der Waals surface area contributed by atoms with E-state index >= 15 is 0 Å². The summed E-state index contributed by atoms with van der Waals surface area (Å²) in [6.07, 6.45) is -4.96. The molecule has 1 atom stereocenters. The minimum Gasteiger partial charge on any atom is -0.475 e. The van der Waals surface area contributed by atoms with Crippen LogP contribution in [0.5, 0.6) is 0 Å². The van der Waals surface area contributed by atoms with E-state index in [1.54, 1.807) is 12.1 Å².